The molecule has 2 heterocycles. The van der Waals surface area contributed by atoms with Crippen LogP contribution in [-0.4, -0.2) is 36.7 Å². The molecule has 2 atom stereocenters. The summed E-state index contributed by atoms with van der Waals surface area (Å²) in [5, 5.41) is 0. The number of nitrogens with zero attached hydrogens (tertiary/aromatic N) is 1. The topological polar surface area (TPSA) is 12.5 Å². The molecule has 0 N–H and O–H groups in total. The zero-order valence-corrected chi connectivity index (χ0v) is 8.62. The van der Waals surface area contributed by atoms with Crippen LogP contribution in [0.3, 0.4) is 0 Å². The van der Waals surface area contributed by atoms with E-state index in [9.17, 15) is 0 Å². The second-order valence-corrected chi connectivity index (χ2v) is 4.23. The molecule has 0 amide bonds. The maximum Gasteiger partial charge on any atom is 0.0657 e. The van der Waals surface area contributed by atoms with Crippen LogP contribution < -0.4 is 0 Å². The monoisotopic (exact) mass is 181 g/mol. The van der Waals surface area contributed by atoms with E-state index in [1.54, 1.807) is 0 Å². The Kier molecular flexibility index (Phi) is 2.43. The van der Waals surface area contributed by atoms with Crippen molar-refractivity contribution in [1.82, 2.24) is 4.90 Å². The van der Waals surface area contributed by atoms with Crippen molar-refractivity contribution in [2.45, 2.75) is 25.8 Å². The highest BCUT2D eigenvalue weighted by Gasteiger charge is 2.45. The molecular weight excluding hydrogens is 162 g/mol. The van der Waals surface area contributed by atoms with Crippen molar-refractivity contribution in [1.29, 1.82) is 0 Å². The predicted octanol–water partition coefficient (Wildman–Crippen LogP) is 1.67. The minimum absolute atomic E-state index is 0.323. The Hall–Kier alpha value is -0.340. The number of rotatable bonds is 1. The number of hydrogen-bond acceptors (Lipinski definition) is 2. The molecule has 0 saturated carbocycles. The van der Waals surface area contributed by atoms with E-state index in [2.05, 4.69) is 30.9 Å². The van der Waals surface area contributed by atoms with Crippen LogP contribution in [0, 0.1) is 5.92 Å². The zero-order chi connectivity index (χ0) is 9.31. The maximum atomic E-state index is 5.61. The molecule has 1 spiro atoms. The van der Waals surface area contributed by atoms with E-state index in [1.165, 1.54) is 6.42 Å². The summed E-state index contributed by atoms with van der Waals surface area (Å²) < 4.78 is 5.61. The fraction of sp³-hybridized carbons (Fsp3) is 0.818. The molecule has 2 aliphatic heterocycles. The normalized spacial score (nSPS) is 40.3. The molecule has 13 heavy (non-hydrogen) atoms. The van der Waals surface area contributed by atoms with E-state index < -0.39 is 0 Å². The fourth-order valence-corrected chi connectivity index (χ4v) is 2.62. The lowest BCUT2D eigenvalue weighted by Crippen LogP contribution is -2.54. The van der Waals surface area contributed by atoms with Crippen LogP contribution in [0.15, 0.2) is 12.2 Å². The minimum Gasteiger partial charge on any atom is -0.379 e. The molecule has 74 valence electrons. The van der Waals surface area contributed by atoms with Gasteiger partial charge in [-0.1, -0.05) is 26.0 Å². The van der Waals surface area contributed by atoms with Crippen molar-refractivity contribution in [3.05, 3.63) is 12.2 Å². The lowest BCUT2D eigenvalue weighted by Gasteiger charge is -2.44. The predicted molar refractivity (Wildman–Crippen MR) is 53.7 cm³/mol. The van der Waals surface area contributed by atoms with Gasteiger partial charge in [0, 0.05) is 12.5 Å². The second-order valence-electron chi connectivity index (χ2n) is 4.23. The van der Waals surface area contributed by atoms with Gasteiger partial charge in [0.1, 0.15) is 0 Å². The molecule has 2 heteroatoms. The fourth-order valence-electron chi connectivity index (χ4n) is 2.62. The minimum atomic E-state index is 0.323. The molecule has 2 aliphatic rings. The summed E-state index contributed by atoms with van der Waals surface area (Å²) in [5.41, 5.74) is 0.323. The standard InChI is InChI=1S/C11H19NO/c1-3-12-7-5-4-6-11(12)9-13-8-10(11)2/h4-5,10H,3,6-9H2,1-2H3. The van der Waals surface area contributed by atoms with Gasteiger partial charge in [-0.25, -0.2) is 0 Å². The van der Waals surface area contributed by atoms with Gasteiger partial charge in [0.25, 0.3) is 0 Å². The molecule has 2 unspecified atom stereocenters. The van der Waals surface area contributed by atoms with Crippen molar-refractivity contribution in [2.24, 2.45) is 5.92 Å². The Balaban J connectivity index is 2.22. The van der Waals surface area contributed by atoms with E-state index in [0.29, 0.717) is 11.5 Å². The lowest BCUT2D eigenvalue weighted by atomic mass is 9.81. The van der Waals surface area contributed by atoms with Crippen LogP contribution >= 0.6 is 0 Å². The Morgan fingerprint density at radius 3 is 3.00 bits per heavy atom. The first-order chi connectivity index (χ1) is 6.29. The average molecular weight is 181 g/mol. The third-order valence-electron chi connectivity index (χ3n) is 3.61. The van der Waals surface area contributed by atoms with Gasteiger partial charge in [-0.3, -0.25) is 4.90 Å². The molecule has 0 radical (unpaired) electrons. The van der Waals surface area contributed by atoms with Crippen molar-refractivity contribution < 1.29 is 4.74 Å². The van der Waals surface area contributed by atoms with Gasteiger partial charge >= 0.3 is 0 Å². The highest BCUT2D eigenvalue weighted by Crippen LogP contribution is 2.36. The largest absolute Gasteiger partial charge is 0.379 e. The van der Waals surface area contributed by atoms with E-state index >= 15 is 0 Å². The molecular formula is C11H19NO. The van der Waals surface area contributed by atoms with Gasteiger partial charge in [-0.2, -0.15) is 0 Å². The first-order valence-electron chi connectivity index (χ1n) is 5.27. The summed E-state index contributed by atoms with van der Waals surface area (Å²) in [6, 6.07) is 0. The van der Waals surface area contributed by atoms with Gasteiger partial charge in [0.2, 0.25) is 0 Å². The lowest BCUT2D eigenvalue weighted by molar-refractivity contribution is 0.0603. The third-order valence-corrected chi connectivity index (χ3v) is 3.61. The van der Waals surface area contributed by atoms with Crippen molar-refractivity contribution in [2.75, 3.05) is 26.3 Å². The summed E-state index contributed by atoms with van der Waals surface area (Å²) in [6.07, 6.45) is 5.76. The summed E-state index contributed by atoms with van der Waals surface area (Å²) >= 11 is 0. The quantitative estimate of drug-likeness (QED) is 0.571. The number of hydrogen-bond donors (Lipinski definition) is 0. The SMILES string of the molecule is CCN1CC=CCC12COCC2C. The Morgan fingerprint density at radius 2 is 2.38 bits per heavy atom. The molecule has 0 aromatic carbocycles. The van der Waals surface area contributed by atoms with Crippen LogP contribution in [0.25, 0.3) is 0 Å². The van der Waals surface area contributed by atoms with Crippen LogP contribution in [0.5, 0.6) is 0 Å². The average Bonchev–Trinajstić information content (AvgIpc) is 2.50. The Labute approximate surface area is 80.6 Å². The summed E-state index contributed by atoms with van der Waals surface area (Å²) in [7, 11) is 0. The Morgan fingerprint density at radius 1 is 1.54 bits per heavy atom. The molecule has 2 rings (SSSR count). The summed E-state index contributed by atoms with van der Waals surface area (Å²) in [4.78, 5) is 2.56. The molecule has 0 aliphatic carbocycles. The van der Waals surface area contributed by atoms with Crippen LogP contribution in [0.1, 0.15) is 20.3 Å². The smallest absolute Gasteiger partial charge is 0.0657 e. The second kappa shape index (κ2) is 3.43. The first kappa shape index (κ1) is 9.22. The zero-order valence-electron chi connectivity index (χ0n) is 8.62. The molecule has 0 bridgehead atoms. The van der Waals surface area contributed by atoms with Crippen molar-refractivity contribution >= 4 is 0 Å². The molecule has 0 aromatic rings. The third kappa shape index (κ3) is 1.32. The molecule has 0 aromatic heterocycles. The molecule has 1 fully saturated rings. The van der Waals surface area contributed by atoms with E-state index in [1.807, 2.05) is 0 Å². The van der Waals surface area contributed by atoms with Crippen molar-refractivity contribution in [3.63, 3.8) is 0 Å². The summed E-state index contributed by atoms with van der Waals surface area (Å²) in [6.45, 7) is 8.65. The Bertz CT molecular complexity index is 214. The van der Waals surface area contributed by atoms with Gasteiger partial charge in [0.15, 0.2) is 0 Å². The molecule has 1 saturated heterocycles. The van der Waals surface area contributed by atoms with Crippen molar-refractivity contribution in [3.8, 4) is 0 Å². The van der Waals surface area contributed by atoms with E-state index in [0.717, 1.165) is 26.3 Å². The van der Waals surface area contributed by atoms with Gasteiger partial charge in [-0.05, 0) is 13.0 Å². The van der Waals surface area contributed by atoms with E-state index in [-0.39, 0.29) is 0 Å². The first-order valence-corrected chi connectivity index (χ1v) is 5.27. The number of ether oxygens (including phenoxy) is 1. The van der Waals surface area contributed by atoms with E-state index in [4.69, 9.17) is 4.74 Å². The van der Waals surface area contributed by atoms with Crippen LogP contribution in [-0.2, 0) is 4.74 Å². The van der Waals surface area contributed by atoms with Crippen LogP contribution in [0.4, 0.5) is 0 Å². The van der Waals surface area contributed by atoms with Crippen LogP contribution in [0.2, 0.25) is 0 Å². The highest BCUT2D eigenvalue weighted by molar-refractivity contribution is 5.09. The number of likely N-dealkylation sites (N-methyl/N-ethyl adjacent to an activating group) is 1. The van der Waals surface area contributed by atoms with Gasteiger partial charge < -0.3 is 4.74 Å². The summed E-state index contributed by atoms with van der Waals surface area (Å²) in [5.74, 6) is 0.678. The maximum absolute atomic E-state index is 5.61. The van der Waals surface area contributed by atoms with Gasteiger partial charge in [-0.15, -0.1) is 0 Å². The molecule has 2 nitrogen and oxygen atoms in total. The van der Waals surface area contributed by atoms with Gasteiger partial charge in [0.05, 0.1) is 18.8 Å². The highest BCUT2D eigenvalue weighted by atomic mass is 16.5.